The number of fused-ring (bicyclic) bond motifs is 1. The summed E-state index contributed by atoms with van der Waals surface area (Å²) in [6, 6.07) is 22.4. The SMILES string of the molecule is O=C(O)C(F)(F)F.O=C(O)c1ccc(-c2ccc3c(c2)CC[C@H](CNCC(O)COc2ccccc2)O3)cc1. The Morgan fingerprint density at radius 1 is 1.00 bits per heavy atom. The number of aryl methyl sites for hydroxylation is 1. The van der Waals surface area contributed by atoms with E-state index in [4.69, 9.17) is 24.5 Å². The van der Waals surface area contributed by atoms with Crippen LogP contribution in [0.1, 0.15) is 22.3 Å². The van der Waals surface area contributed by atoms with E-state index in [2.05, 4.69) is 11.4 Å². The van der Waals surface area contributed by atoms with Crippen LogP contribution >= 0.6 is 0 Å². The number of carbonyl (C=O) groups is 2. The van der Waals surface area contributed by atoms with E-state index < -0.39 is 24.2 Å². The molecule has 4 N–H and O–H groups in total. The van der Waals surface area contributed by atoms with Crippen LogP contribution in [0.4, 0.5) is 13.2 Å². The van der Waals surface area contributed by atoms with Crippen molar-refractivity contribution in [2.45, 2.75) is 31.2 Å². The van der Waals surface area contributed by atoms with Crippen LogP contribution in [0, 0.1) is 0 Å². The maximum absolute atomic E-state index is 11.0. The summed E-state index contributed by atoms with van der Waals surface area (Å²) < 4.78 is 43.4. The molecule has 0 radical (unpaired) electrons. The topological polar surface area (TPSA) is 125 Å². The normalized spacial score (nSPS) is 15.1. The Labute approximate surface area is 222 Å². The third kappa shape index (κ3) is 9.31. The molecule has 0 spiro atoms. The molecule has 0 amide bonds. The van der Waals surface area contributed by atoms with Crippen LogP contribution in [0.15, 0.2) is 72.8 Å². The Kier molecular flexibility index (Phi) is 10.3. The Bertz CT molecular complexity index is 1230. The molecule has 2 atom stereocenters. The molecule has 3 aromatic rings. The zero-order valence-electron chi connectivity index (χ0n) is 20.7. The number of aliphatic carboxylic acids is 1. The summed E-state index contributed by atoms with van der Waals surface area (Å²) in [5.41, 5.74) is 3.45. The fraction of sp³-hybridized carbons (Fsp3) is 0.286. The van der Waals surface area contributed by atoms with Crippen LogP contribution in [-0.2, 0) is 11.2 Å². The second kappa shape index (κ2) is 13.6. The third-order valence-electron chi connectivity index (χ3n) is 5.74. The van der Waals surface area contributed by atoms with Crippen LogP contribution in [0.5, 0.6) is 11.5 Å². The molecular formula is C28H28F3NO7. The summed E-state index contributed by atoms with van der Waals surface area (Å²) in [5, 5.41) is 29.6. The first-order valence-corrected chi connectivity index (χ1v) is 12.0. The number of ether oxygens (including phenoxy) is 2. The number of para-hydroxylation sites is 1. The molecule has 39 heavy (non-hydrogen) atoms. The van der Waals surface area contributed by atoms with Crippen molar-refractivity contribution in [3.8, 4) is 22.6 Å². The van der Waals surface area contributed by atoms with Gasteiger partial charge in [0.05, 0.1) is 5.56 Å². The van der Waals surface area contributed by atoms with Gasteiger partial charge < -0.3 is 30.1 Å². The van der Waals surface area contributed by atoms with E-state index >= 15 is 0 Å². The zero-order chi connectivity index (χ0) is 28.4. The van der Waals surface area contributed by atoms with Gasteiger partial charge in [0.2, 0.25) is 0 Å². The summed E-state index contributed by atoms with van der Waals surface area (Å²) in [6.07, 6.45) is -3.84. The number of carboxylic acids is 2. The van der Waals surface area contributed by atoms with Gasteiger partial charge in [0.15, 0.2) is 0 Å². The van der Waals surface area contributed by atoms with Gasteiger partial charge in [-0.05, 0) is 65.9 Å². The average molecular weight is 548 g/mol. The summed E-state index contributed by atoms with van der Waals surface area (Å²) in [4.78, 5) is 19.9. The number of aliphatic hydroxyl groups excluding tert-OH is 1. The van der Waals surface area contributed by atoms with Crippen molar-refractivity contribution in [3.05, 3.63) is 83.9 Å². The number of nitrogens with one attached hydrogen (secondary N) is 1. The van der Waals surface area contributed by atoms with Crippen LogP contribution in [0.25, 0.3) is 11.1 Å². The smallest absolute Gasteiger partial charge is 0.490 e. The zero-order valence-corrected chi connectivity index (χ0v) is 20.7. The maximum atomic E-state index is 11.0. The quantitative estimate of drug-likeness (QED) is 0.311. The molecule has 1 aliphatic rings. The van der Waals surface area contributed by atoms with Crippen LogP contribution < -0.4 is 14.8 Å². The van der Waals surface area contributed by atoms with Crippen molar-refractivity contribution in [2.75, 3.05) is 19.7 Å². The molecule has 8 nitrogen and oxygen atoms in total. The fourth-order valence-electron chi connectivity index (χ4n) is 3.75. The molecule has 4 rings (SSSR count). The molecule has 0 fully saturated rings. The van der Waals surface area contributed by atoms with Gasteiger partial charge in [-0.15, -0.1) is 0 Å². The summed E-state index contributed by atoms with van der Waals surface area (Å²) in [6.45, 7) is 1.33. The number of alkyl halides is 3. The highest BCUT2D eigenvalue weighted by atomic mass is 19.4. The molecule has 0 aliphatic carbocycles. The Hall–Kier alpha value is -4.09. The molecule has 0 saturated carbocycles. The second-order valence-corrected chi connectivity index (χ2v) is 8.72. The number of aromatic carboxylic acids is 1. The fourth-order valence-corrected chi connectivity index (χ4v) is 3.75. The molecule has 0 bridgehead atoms. The van der Waals surface area contributed by atoms with E-state index in [9.17, 15) is 23.1 Å². The third-order valence-corrected chi connectivity index (χ3v) is 5.74. The number of hydrogen-bond donors (Lipinski definition) is 4. The average Bonchev–Trinajstić information content (AvgIpc) is 2.92. The van der Waals surface area contributed by atoms with Crippen molar-refractivity contribution in [3.63, 3.8) is 0 Å². The first kappa shape index (κ1) is 29.5. The molecule has 0 saturated heterocycles. The molecule has 1 aliphatic heterocycles. The molecular weight excluding hydrogens is 519 g/mol. The van der Waals surface area contributed by atoms with Gasteiger partial charge in [-0.2, -0.15) is 13.2 Å². The highest BCUT2D eigenvalue weighted by molar-refractivity contribution is 5.88. The van der Waals surface area contributed by atoms with Gasteiger partial charge in [-0.25, -0.2) is 9.59 Å². The van der Waals surface area contributed by atoms with Crippen molar-refractivity contribution in [1.82, 2.24) is 5.32 Å². The lowest BCUT2D eigenvalue weighted by Crippen LogP contribution is -2.39. The van der Waals surface area contributed by atoms with Crippen molar-refractivity contribution >= 4 is 11.9 Å². The van der Waals surface area contributed by atoms with Crippen molar-refractivity contribution in [2.24, 2.45) is 0 Å². The minimum absolute atomic E-state index is 0.0467. The minimum Gasteiger partial charge on any atom is -0.491 e. The molecule has 1 unspecified atom stereocenters. The minimum atomic E-state index is -5.08. The highest BCUT2D eigenvalue weighted by Gasteiger charge is 2.38. The lowest BCUT2D eigenvalue weighted by atomic mass is 9.96. The Morgan fingerprint density at radius 2 is 1.64 bits per heavy atom. The molecule has 1 heterocycles. The van der Waals surface area contributed by atoms with Crippen molar-refractivity contribution < 1.29 is 47.6 Å². The number of aliphatic hydroxyl groups is 1. The first-order chi connectivity index (χ1) is 18.5. The predicted octanol–water partition coefficient (Wildman–Crippen LogP) is 4.41. The van der Waals surface area contributed by atoms with E-state index in [0.717, 1.165) is 41.0 Å². The van der Waals surface area contributed by atoms with Gasteiger partial charge in [0.1, 0.15) is 30.3 Å². The van der Waals surface area contributed by atoms with Gasteiger partial charge in [0, 0.05) is 13.1 Å². The maximum Gasteiger partial charge on any atom is 0.490 e. The van der Waals surface area contributed by atoms with Gasteiger partial charge >= 0.3 is 18.1 Å². The van der Waals surface area contributed by atoms with Crippen LogP contribution in [-0.4, -0.2) is 65.3 Å². The number of carboxylic acid groups (broad SMARTS) is 2. The summed E-state index contributed by atoms with van der Waals surface area (Å²) in [5.74, 6) is -2.06. The molecule has 208 valence electrons. The number of hydrogen-bond acceptors (Lipinski definition) is 6. The second-order valence-electron chi connectivity index (χ2n) is 8.72. The number of rotatable bonds is 9. The number of benzene rings is 3. The van der Waals surface area contributed by atoms with E-state index in [-0.39, 0.29) is 18.3 Å². The van der Waals surface area contributed by atoms with Gasteiger partial charge in [0.25, 0.3) is 0 Å². The molecule has 3 aromatic carbocycles. The van der Waals surface area contributed by atoms with Crippen LogP contribution in [0.2, 0.25) is 0 Å². The van der Waals surface area contributed by atoms with E-state index in [1.165, 1.54) is 0 Å². The van der Waals surface area contributed by atoms with Crippen molar-refractivity contribution in [1.29, 1.82) is 0 Å². The lowest BCUT2D eigenvalue weighted by molar-refractivity contribution is -0.192. The lowest BCUT2D eigenvalue weighted by Gasteiger charge is -2.27. The number of halogens is 3. The van der Waals surface area contributed by atoms with E-state index in [1.54, 1.807) is 12.1 Å². The van der Waals surface area contributed by atoms with Crippen LogP contribution in [0.3, 0.4) is 0 Å². The Morgan fingerprint density at radius 3 is 2.26 bits per heavy atom. The monoisotopic (exact) mass is 547 g/mol. The standard InChI is InChI=1S/C26H27NO5.C2HF3O2/c28-22(17-31-23-4-2-1-3-5-23)15-27-16-24-12-10-21-14-20(11-13-25(21)32-24)18-6-8-19(9-7-18)26(29)30;3-2(4,5)1(6)7/h1-9,11,13-14,22,24,27-28H,10,12,15-17H2,(H,29,30);(H,6,7)/t22?,24-;/m1./s1. The van der Waals surface area contributed by atoms with Gasteiger partial charge in [-0.1, -0.05) is 36.4 Å². The molecule has 0 aromatic heterocycles. The summed E-state index contributed by atoms with van der Waals surface area (Å²) in [7, 11) is 0. The highest BCUT2D eigenvalue weighted by Crippen LogP contribution is 2.32. The van der Waals surface area contributed by atoms with E-state index in [0.29, 0.717) is 13.1 Å². The Balaban J connectivity index is 0.000000532. The van der Waals surface area contributed by atoms with Gasteiger partial charge in [-0.3, -0.25) is 0 Å². The molecule has 11 heteroatoms. The predicted molar refractivity (Wildman–Crippen MR) is 136 cm³/mol. The summed E-state index contributed by atoms with van der Waals surface area (Å²) >= 11 is 0. The first-order valence-electron chi connectivity index (χ1n) is 12.0. The van der Waals surface area contributed by atoms with E-state index in [1.807, 2.05) is 54.6 Å². The largest absolute Gasteiger partial charge is 0.491 e.